The summed E-state index contributed by atoms with van der Waals surface area (Å²) in [5.41, 5.74) is 2.33. The SMILES string of the molecule is COCCCn1c(C)c(C)n2c3c(=O)n(CC(C)C)c(=O)n(C)c3nc12. The topological polar surface area (TPSA) is 75.5 Å². The molecule has 0 amide bonds. The number of aromatic nitrogens is 5. The summed E-state index contributed by atoms with van der Waals surface area (Å²) in [6, 6.07) is 0. The molecule has 0 aromatic carbocycles. The van der Waals surface area contributed by atoms with Crippen molar-refractivity contribution in [2.45, 2.75) is 47.2 Å². The van der Waals surface area contributed by atoms with Crippen LogP contribution in [0.25, 0.3) is 16.9 Å². The Morgan fingerprint density at radius 3 is 2.42 bits per heavy atom. The fourth-order valence-electron chi connectivity index (χ4n) is 3.48. The third kappa shape index (κ3) is 2.68. The minimum Gasteiger partial charge on any atom is -0.385 e. The highest BCUT2D eigenvalue weighted by Gasteiger charge is 2.22. The highest BCUT2D eigenvalue weighted by atomic mass is 16.5. The Morgan fingerprint density at radius 2 is 1.81 bits per heavy atom. The zero-order valence-electron chi connectivity index (χ0n) is 16.4. The monoisotopic (exact) mass is 361 g/mol. The van der Waals surface area contributed by atoms with Gasteiger partial charge in [-0.15, -0.1) is 0 Å². The fourth-order valence-corrected chi connectivity index (χ4v) is 3.48. The Hall–Kier alpha value is -2.35. The Labute approximate surface area is 151 Å². The summed E-state index contributed by atoms with van der Waals surface area (Å²) in [6.45, 7) is 9.77. The summed E-state index contributed by atoms with van der Waals surface area (Å²) < 4.78 is 11.9. The average Bonchev–Trinajstić information content (AvgIpc) is 3.08. The second-order valence-electron chi connectivity index (χ2n) is 7.24. The van der Waals surface area contributed by atoms with Crippen LogP contribution in [0.5, 0.6) is 0 Å². The van der Waals surface area contributed by atoms with Crippen LogP contribution in [-0.2, 0) is 24.9 Å². The van der Waals surface area contributed by atoms with Crippen LogP contribution in [0.4, 0.5) is 0 Å². The molecule has 3 rings (SSSR count). The van der Waals surface area contributed by atoms with Gasteiger partial charge in [0, 0.05) is 45.2 Å². The minimum absolute atomic E-state index is 0.197. The van der Waals surface area contributed by atoms with Gasteiger partial charge in [0.15, 0.2) is 11.2 Å². The Kier molecular flexibility index (Phi) is 4.79. The fraction of sp³-hybridized carbons (Fsp3) is 0.611. The molecule has 0 radical (unpaired) electrons. The van der Waals surface area contributed by atoms with Gasteiger partial charge in [-0.2, -0.15) is 4.98 Å². The van der Waals surface area contributed by atoms with Gasteiger partial charge in [0.1, 0.15) is 0 Å². The molecule has 0 bridgehead atoms. The van der Waals surface area contributed by atoms with Crippen molar-refractivity contribution in [3.8, 4) is 0 Å². The van der Waals surface area contributed by atoms with Gasteiger partial charge in [-0.3, -0.25) is 18.3 Å². The van der Waals surface area contributed by atoms with Gasteiger partial charge >= 0.3 is 5.69 Å². The molecule has 26 heavy (non-hydrogen) atoms. The van der Waals surface area contributed by atoms with Gasteiger partial charge in [0.25, 0.3) is 5.56 Å². The lowest BCUT2D eigenvalue weighted by atomic mass is 10.2. The molecule has 3 heterocycles. The molecule has 0 aliphatic rings. The molecule has 0 saturated heterocycles. The van der Waals surface area contributed by atoms with Crippen molar-refractivity contribution in [2.75, 3.05) is 13.7 Å². The predicted octanol–water partition coefficient (Wildman–Crippen LogP) is 1.46. The molecule has 0 spiro atoms. The van der Waals surface area contributed by atoms with Gasteiger partial charge in [0.05, 0.1) is 0 Å². The quantitative estimate of drug-likeness (QED) is 0.623. The zero-order valence-corrected chi connectivity index (χ0v) is 16.4. The smallest absolute Gasteiger partial charge is 0.332 e. The van der Waals surface area contributed by atoms with E-state index in [9.17, 15) is 9.59 Å². The number of aryl methyl sites for hydroxylation is 3. The first-order chi connectivity index (χ1) is 12.3. The molecule has 8 nitrogen and oxygen atoms in total. The summed E-state index contributed by atoms with van der Waals surface area (Å²) in [5.74, 6) is 0.892. The highest BCUT2D eigenvalue weighted by Crippen LogP contribution is 2.21. The van der Waals surface area contributed by atoms with Crippen molar-refractivity contribution in [3.05, 3.63) is 32.2 Å². The van der Waals surface area contributed by atoms with E-state index in [-0.39, 0.29) is 17.2 Å². The summed E-state index contributed by atoms with van der Waals surface area (Å²) in [7, 11) is 3.35. The van der Waals surface area contributed by atoms with Crippen LogP contribution in [-0.4, -0.2) is 36.8 Å². The first kappa shape index (κ1) is 18.4. The molecule has 0 aliphatic carbocycles. The van der Waals surface area contributed by atoms with Crippen molar-refractivity contribution < 1.29 is 4.74 Å². The number of hydrogen-bond acceptors (Lipinski definition) is 4. The average molecular weight is 361 g/mol. The molecule has 0 fully saturated rings. The second kappa shape index (κ2) is 6.75. The predicted molar refractivity (Wildman–Crippen MR) is 101 cm³/mol. The minimum atomic E-state index is -0.322. The van der Waals surface area contributed by atoms with E-state index in [2.05, 4.69) is 9.55 Å². The van der Waals surface area contributed by atoms with Gasteiger partial charge < -0.3 is 9.30 Å². The van der Waals surface area contributed by atoms with E-state index < -0.39 is 0 Å². The van der Waals surface area contributed by atoms with Crippen LogP contribution in [0.1, 0.15) is 31.7 Å². The van der Waals surface area contributed by atoms with Crippen LogP contribution in [0, 0.1) is 19.8 Å². The van der Waals surface area contributed by atoms with E-state index in [1.165, 1.54) is 9.13 Å². The van der Waals surface area contributed by atoms with Gasteiger partial charge in [-0.25, -0.2) is 4.79 Å². The van der Waals surface area contributed by atoms with Crippen LogP contribution in [0.2, 0.25) is 0 Å². The largest absolute Gasteiger partial charge is 0.385 e. The Morgan fingerprint density at radius 1 is 1.12 bits per heavy atom. The van der Waals surface area contributed by atoms with Crippen molar-refractivity contribution >= 4 is 16.9 Å². The van der Waals surface area contributed by atoms with E-state index in [4.69, 9.17) is 4.74 Å². The maximum absolute atomic E-state index is 13.1. The van der Waals surface area contributed by atoms with Crippen molar-refractivity contribution in [1.29, 1.82) is 0 Å². The van der Waals surface area contributed by atoms with Crippen molar-refractivity contribution in [3.63, 3.8) is 0 Å². The zero-order chi connectivity index (χ0) is 19.2. The van der Waals surface area contributed by atoms with Crippen LogP contribution < -0.4 is 11.2 Å². The lowest BCUT2D eigenvalue weighted by Crippen LogP contribution is -2.40. The lowest BCUT2D eigenvalue weighted by Gasteiger charge is -2.10. The number of imidazole rings is 2. The number of methoxy groups -OCH3 is 1. The van der Waals surface area contributed by atoms with E-state index in [1.54, 1.807) is 14.2 Å². The van der Waals surface area contributed by atoms with Crippen molar-refractivity contribution in [2.24, 2.45) is 13.0 Å². The second-order valence-corrected chi connectivity index (χ2v) is 7.24. The molecule has 0 unspecified atom stereocenters. The third-order valence-corrected chi connectivity index (χ3v) is 4.91. The summed E-state index contributed by atoms with van der Waals surface area (Å²) in [6.07, 6.45) is 0.848. The molecular weight excluding hydrogens is 334 g/mol. The molecule has 142 valence electrons. The highest BCUT2D eigenvalue weighted by molar-refractivity contribution is 5.76. The van der Waals surface area contributed by atoms with E-state index in [0.717, 1.165) is 24.4 Å². The molecule has 0 N–H and O–H groups in total. The molecular formula is C18H27N5O3. The van der Waals surface area contributed by atoms with Gasteiger partial charge in [0.2, 0.25) is 5.78 Å². The van der Waals surface area contributed by atoms with Crippen LogP contribution in [0.3, 0.4) is 0 Å². The summed E-state index contributed by atoms with van der Waals surface area (Å²) in [5, 5.41) is 0. The van der Waals surface area contributed by atoms with E-state index in [0.29, 0.717) is 30.1 Å². The number of rotatable bonds is 6. The molecule has 8 heteroatoms. The lowest BCUT2D eigenvalue weighted by molar-refractivity contribution is 0.190. The first-order valence-corrected chi connectivity index (χ1v) is 8.96. The van der Waals surface area contributed by atoms with E-state index >= 15 is 0 Å². The number of hydrogen-bond donors (Lipinski definition) is 0. The maximum Gasteiger partial charge on any atom is 0.332 e. The third-order valence-electron chi connectivity index (χ3n) is 4.91. The molecule has 3 aromatic heterocycles. The van der Waals surface area contributed by atoms with Gasteiger partial charge in [-0.1, -0.05) is 13.8 Å². The summed E-state index contributed by atoms with van der Waals surface area (Å²) in [4.78, 5) is 30.4. The molecule has 0 aliphatic heterocycles. The maximum atomic E-state index is 13.1. The summed E-state index contributed by atoms with van der Waals surface area (Å²) >= 11 is 0. The number of nitrogens with zero attached hydrogens (tertiary/aromatic N) is 5. The van der Waals surface area contributed by atoms with Crippen LogP contribution in [0.15, 0.2) is 9.59 Å². The Balaban J connectivity index is 2.36. The number of ether oxygens (including phenoxy) is 1. The van der Waals surface area contributed by atoms with E-state index in [1.807, 2.05) is 32.1 Å². The Bertz CT molecular complexity index is 1080. The normalized spacial score (nSPS) is 12.1. The standard InChI is InChI=1S/C18H27N5O3/c1-11(2)10-22-16(24)14-15(20(5)18(22)25)19-17-21(8-7-9-26-6)12(3)13(4)23(14)17/h11H,7-10H2,1-6H3. The number of fused-ring (bicyclic) bond motifs is 3. The first-order valence-electron chi connectivity index (χ1n) is 8.96. The molecule has 0 saturated carbocycles. The van der Waals surface area contributed by atoms with Crippen LogP contribution >= 0.6 is 0 Å². The van der Waals surface area contributed by atoms with Gasteiger partial charge in [-0.05, 0) is 26.2 Å². The van der Waals surface area contributed by atoms with Crippen molar-refractivity contribution in [1.82, 2.24) is 23.1 Å². The molecule has 3 aromatic rings. The molecule has 0 atom stereocenters.